The van der Waals surface area contributed by atoms with Crippen molar-refractivity contribution < 1.29 is 4.74 Å². The molecule has 0 spiro atoms. The molecule has 71 valence electrons. The van der Waals surface area contributed by atoms with E-state index in [9.17, 15) is 0 Å². The number of benzene rings is 1. The lowest BCUT2D eigenvalue weighted by atomic mass is 10.2. The predicted molar refractivity (Wildman–Crippen MR) is 54.1 cm³/mol. The lowest BCUT2D eigenvalue weighted by molar-refractivity contribution is 0.166. The molecule has 0 aliphatic rings. The molecule has 2 nitrogen and oxygen atoms in total. The maximum atomic E-state index is 4.97. The van der Waals surface area contributed by atoms with E-state index in [2.05, 4.69) is 19.2 Å². The molecule has 0 saturated heterocycles. The highest BCUT2D eigenvalue weighted by molar-refractivity contribution is 5.14. The highest BCUT2D eigenvalue weighted by Crippen LogP contribution is 2.02. The van der Waals surface area contributed by atoms with E-state index in [0.29, 0.717) is 0 Å². The van der Waals surface area contributed by atoms with E-state index in [1.165, 1.54) is 5.56 Å². The molecule has 0 unspecified atom stereocenters. The van der Waals surface area contributed by atoms with E-state index in [0.717, 1.165) is 19.7 Å². The number of hydrogen-bond acceptors (Lipinski definition) is 2. The molecule has 1 aromatic rings. The summed E-state index contributed by atoms with van der Waals surface area (Å²) in [5, 5.41) is 0. The third-order valence-corrected chi connectivity index (χ3v) is 1.86. The van der Waals surface area contributed by atoms with E-state index in [1.54, 1.807) is 7.11 Å². The van der Waals surface area contributed by atoms with Crippen molar-refractivity contribution in [2.45, 2.75) is 6.54 Å². The van der Waals surface area contributed by atoms with Crippen molar-refractivity contribution in [1.29, 1.82) is 0 Å². The summed E-state index contributed by atoms with van der Waals surface area (Å²) in [6, 6.07) is 10.3. The number of ether oxygens (including phenoxy) is 1. The van der Waals surface area contributed by atoms with Crippen LogP contribution < -0.4 is 0 Å². The Morgan fingerprint density at radius 2 is 2.00 bits per heavy atom. The molecule has 0 aliphatic heterocycles. The van der Waals surface area contributed by atoms with E-state index < -0.39 is 0 Å². The van der Waals surface area contributed by atoms with Crippen LogP contribution in [0.1, 0.15) is 5.56 Å². The van der Waals surface area contributed by atoms with Gasteiger partial charge in [-0.2, -0.15) is 0 Å². The van der Waals surface area contributed by atoms with E-state index >= 15 is 0 Å². The largest absolute Gasteiger partial charge is 0.383 e. The van der Waals surface area contributed by atoms with Gasteiger partial charge in [0, 0.05) is 27.2 Å². The van der Waals surface area contributed by atoms with Crippen LogP contribution in [-0.2, 0) is 11.3 Å². The van der Waals surface area contributed by atoms with Crippen LogP contribution in [0.15, 0.2) is 30.3 Å². The van der Waals surface area contributed by atoms with Gasteiger partial charge in [-0.3, -0.25) is 4.90 Å². The number of rotatable bonds is 5. The Labute approximate surface area is 80.1 Å². The van der Waals surface area contributed by atoms with Crippen molar-refractivity contribution in [2.75, 3.05) is 20.3 Å². The van der Waals surface area contributed by atoms with Crippen LogP contribution in [0.2, 0.25) is 0 Å². The van der Waals surface area contributed by atoms with E-state index in [-0.39, 0.29) is 0 Å². The molecule has 1 rings (SSSR count). The van der Waals surface area contributed by atoms with Gasteiger partial charge in [-0.25, -0.2) is 0 Å². The van der Waals surface area contributed by atoms with Gasteiger partial charge in [0.15, 0.2) is 0 Å². The third-order valence-electron chi connectivity index (χ3n) is 1.86. The lowest BCUT2D eigenvalue weighted by Crippen LogP contribution is -2.19. The monoisotopic (exact) mass is 178 g/mol. The van der Waals surface area contributed by atoms with Crippen molar-refractivity contribution in [2.24, 2.45) is 0 Å². The highest BCUT2D eigenvalue weighted by atomic mass is 16.5. The second-order valence-electron chi connectivity index (χ2n) is 3.03. The van der Waals surface area contributed by atoms with Gasteiger partial charge in [0.05, 0.1) is 6.61 Å². The Balaban J connectivity index is 2.32. The van der Waals surface area contributed by atoms with Crippen molar-refractivity contribution >= 4 is 0 Å². The fourth-order valence-corrected chi connectivity index (χ4v) is 1.14. The Kier molecular flexibility index (Phi) is 4.50. The van der Waals surface area contributed by atoms with Gasteiger partial charge in [0.1, 0.15) is 0 Å². The SMILES string of the molecule is [CH2]N(CCOC)Cc1ccccc1. The maximum Gasteiger partial charge on any atom is 0.0589 e. The van der Waals surface area contributed by atoms with E-state index in [4.69, 9.17) is 4.74 Å². The molecule has 1 radical (unpaired) electrons. The minimum atomic E-state index is 0.732. The third kappa shape index (κ3) is 4.06. The predicted octanol–water partition coefficient (Wildman–Crippen LogP) is 1.93. The Morgan fingerprint density at radius 1 is 1.31 bits per heavy atom. The first-order valence-corrected chi connectivity index (χ1v) is 4.41. The van der Waals surface area contributed by atoms with Crippen LogP contribution in [-0.4, -0.2) is 25.2 Å². The minimum absolute atomic E-state index is 0.732. The number of methoxy groups -OCH3 is 1. The Morgan fingerprint density at radius 3 is 2.62 bits per heavy atom. The summed E-state index contributed by atoms with van der Waals surface area (Å²) >= 11 is 0. The molecular weight excluding hydrogens is 162 g/mol. The van der Waals surface area contributed by atoms with Gasteiger partial charge < -0.3 is 4.74 Å². The van der Waals surface area contributed by atoms with Gasteiger partial charge in [-0.1, -0.05) is 30.3 Å². The molecule has 13 heavy (non-hydrogen) atoms. The van der Waals surface area contributed by atoms with Crippen molar-refractivity contribution in [3.8, 4) is 0 Å². The van der Waals surface area contributed by atoms with Gasteiger partial charge in [-0.15, -0.1) is 0 Å². The summed E-state index contributed by atoms with van der Waals surface area (Å²) in [6.07, 6.45) is 0. The summed E-state index contributed by atoms with van der Waals surface area (Å²) in [5.41, 5.74) is 1.29. The smallest absolute Gasteiger partial charge is 0.0589 e. The van der Waals surface area contributed by atoms with Crippen LogP contribution in [0.25, 0.3) is 0 Å². The fraction of sp³-hybridized carbons (Fsp3) is 0.364. The van der Waals surface area contributed by atoms with Crippen LogP contribution in [0.4, 0.5) is 0 Å². The molecule has 0 saturated carbocycles. The van der Waals surface area contributed by atoms with Gasteiger partial charge in [0.2, 0.25) is 0 Å². The topological polar surface area (TPSA) is 12.5 Å². The average molecular weight is 178 g/mol. The zero-order chi connectivity index (χ0) is 9.52. The van der Waals surface area contributed by atoms with Crippen LogP contribution in [0.5, 0.6) is 0 Å². The van der Waals surface area contributed by atoms with Crippen molar-refractivity contribution in [1.82, 2.24) is 4.90 Å². The van der Waals surface area contributed by atoms with Crippen LogP contribution in [0, 0.1) is 7.05 Å². The second kappa shape index (κ2) is 5.73. The summed E-state index contributed by atoms with van der Waals surface area (Å²) < 4.78 is 4.97. The summed E-state index contributed by atoms with van der Waals surface area (Å²) in [6.45, 7) is 2.48. The van der Waals surface area contributed by atoms with Crippen molar-refractivity contribution in [3.05, 3.63) is 42.9 Å². The normalized spacial score (nSPS) is 10.7. The first kappa shape index (κ1) is 10.2. The molecular formula is C11H16NO. The fourth-order valence-electron chi connectivity index (χ4n) is 1.14. The molecule has 0 atom stereocenters. The van der Waals surface area contributed by atoms with Crippen LogP contribution >= 0.6 is 0 Å². The van der Waals surface area contributed by atoms with Gasteiger partial charge in [-0.05, 0) is 5.56 Å². The molecule has 0 heterocycles. The number of nitrogens with zero attached hydrogens (tertiary/aromatic N) is 1. The molecule has 0 fully saturated rings. The molecule has 0 bridgehead atoms. The first-order chi connectivity index (χ1) is 6.33. The Bertz CT molecular complexity index is 223. The zero-order valence-electron chi connectivity index (χ0n) is 8.07. The summed E-state index contributed by atoms with van der Waals surface area (Å²) in [7, 11) is 5.63. The number of hydrogen-bond donors (Lipinski definition) is 0. The Hall–Kier alpha value is -0.860. The van der Waals surface area contributed by atoms with Crippen molar-refractivity contribution in [3.63, 3.8) is 0 Å². The minimum Gasteiger partial charge on any atom is -0.383 e. The molecule has 0 aliphatic carbocycles. The zero-order valence-corrected chi connectivity index (χ0v) is 8.07. The molecule has 0 amide bonds. The van der Waals surface area contributed by atoms with Crippen LogP contribution in [0.3, 0.4) is 0 Å². The molecule has 0 N–H and O–H groups in total. The standard InChI is InChI=1S/C11H16NO/c1-12(8-9-13-2)10-11-6-4-3-5-7-11/h3-7H,1,8-10H2,2H3. The summed E-state index contributed by atoms with van der Waals surface area (Å²) in [4.78, 5) is 2.00. The first-order valence-electron chi connectivity index (χ1n) is 4.41. The highest BCUT2D eigenvalue weighted by Gasteiger charge is 1.98. The molecule has 1 aromatic carbocycles. The molecule has 0 aromatic heterocycles. The quantitative estimate of drug-likeness (QED) is 0.683. The second-order valence-corrected chi connectivity index (χ2v) is 3.03. The maximum absolute atomic E-state index is 4.97. The lowest BCUT2D eigenvalue weighted by Gasteiger charge is -2.15. The average Bonchev–Trinajstić information content (AvgIpc) is 2.16. The van der Waals surface area contributed by atoms with E-state index in [1.807, 2.05) is 23.1 Å². The molecule has 2 heteroatoms. The van der Waals surface area contributed by atoms with Gasteiger partial charge >= 0.3 is 0 Å². The summed E-state index contributed by atoms with van der Waals surface area (Å²) in [5.74, 6) is 0. The van der Waals surface area contributed by atoms with Gasteiger partial charge in [0.25, 0.3) is 0 Å².